The molecule has 0 aromatic heterocycles. The molecule has 2 rings (SSSR count). The normalized spacial score (nSPS) is 18.0. The number of carbonyl (C=O) groups excluding carboxylic acids is 2. The summed E-state index contributed by atoms with van der Waals surface area (Å²) in [6, 6.07) is 4.62. The maximum atomic E-state index is 13.5. The molecule has 1 heterocycles. The molecule has 0 spiro atoms. The summed E-state index contributed by atoms with van der Waals surface area (Å²) in [5, 5.41) is 2.70. The fourth-order valence-electron chi connectivity index (χ4n) is 2.44. The lowest BCUT2D eigenvalue weighted by molar-refractivity contribution is -0.136. The Labute approximate surface area is 128 Å². The molecule has 0 saturated carbocycles. The summed E-state index contributed by atoms with van der Waals surface area (Å²) in [6.45, 7) is 5.50. The number of benzene rings is 1. The first-order chi connectivity index (χ1) is 10.5. The van der Waals surface area contributed by atoms with Crippen molar-refractivity contribution < 1.29 is 18.7 Å². The lowest BCUT2D eigenvalue weighted by atomic mass is 9.95. The van der Waals surface area contributed by atoms with Crippen molar-refractivity contribution in [1.82, 2.24) is 10.2 Å². The third-order valence-corrected chi connectivity index (χ3v) is 3.50. The van der Waals surface area contributed by atoms with Gasteiger partial charge in [-0.2, -0.15) is 0 Å². The van der Waals surface area contributed by atoms with Gasteiger partial charge in [-0.05, 0) is 24.6 Å². The Morgan fingerprint density at radius 1 is 1.55 bits per heavy atom. The second-order valence-corrected chi connectivity index (χ2v) is 4.83. The van der Waals surface area contributed by atoms with Crippen molar-refractivity contribution in [3.63, 3.8) is 0 Å². The molecule has 0 bridgehead atoms. The predicted octanol–water partition coefficient (Wildman–Crippen LogP) is 2.53. The van der Waals surface area contributed by atoms with Crippen LogP contribution in [0.5, 0.6) is 0 Å². The monoisotopic (exact) mass is 304 g/mol. The SMILES string of the molecule is C=CCN1C(=O)N[C@H](c2cccc(F)c2)C(C(=O)OC)=C1C. The third kappa shape index (κ3) is 2.86. The molecule has 1 aliphatic heterocycles. The Morgan fingerprint density at radius 2 is 2.27 bits per heavy atom. The lowest BCUT2D eigenvalue weighted by Crippen LogP contribution is -2.48. The highest BCUT2D eigenvalue weighted by Crippen LogP contribution is 2.31. The standard InChI is InChI=1S/C16H17FN2O3/c1-4-8-19-10(2)13(15(20)22-3)14(18-16(19)21)11-6-5-7-12(17)9-11/h4-7,9,14H,1,8H2,2-3H3,(H,18,21)/t14-/m1/s1. The molecule has 5 nitrogen and oxygen atoms in total. The molecule has 0 saturated heterocycles. The maximum absolute atomic E-state index is 13.5. The van der Waals surface area contributed by atoms with Gasteiger partial charge in [0.05, 0.1) is 18.7 Å². The average molecular weight is 304 g/mol. The topological polar surface area (TPSA) is 58.6 Å². The summed E-state index contributed by atoms with van der Waals surface area (Å²) in [5.74, 6) is -1.01. The molecule has 1 aromatic rings. The number of allylic oxidation sites excluding steroid dienone is 1. The summed E-state index contributed by atoms with van der Waals surface area (Å²) in [4.78, 5) is 25.7. The van der Waals surface area contributed by atoms with Crippen LogP contribution < -0.4 is 5.32 Å². The summed E-state index contributed by atoms with van der Waals surface area (Å²) in [6.07, 6.45) is 1.56. The van der Waals surface area contributed by atoms with E-state index in [0.29, 0.717) is 11.3 Å². The van der Waals surface area contributed by atoms with Crippen LogP contribution in [0.15, 0.2) is 48.2 Å². The van der Waals surface area contributed by atoms with Crippen LogP contribution in [0.3, 0.4) is 0 Å². The van der Waals surface area contributed by atoms with Crippen molar-refractivity contribution in [2.24, 2.45) is 0 Å². The minimum atomic E-state index is -0.753. The molecule has 1 atom stereocenters. The molecule has 0 fully saturated rings. The minimum absolute atomic E-state index is 0.258. The number of amides is 2. The summed E-state index contributed by atoms with van der Waals surface area (Å²) in [7, 11) is 1.26. The number of methoxy groups -OCH3 is 1. The van der Waals surface area contributed by atoms with E-state index in [4.69, 9.17) is 4.74 Å². The van der Waals surface area contributed by atoms with Gasteiger partial charge in [0.2, 0.25) is 0 Å². The van der Waals surface area contributed by atoms with E-state index >= 15 is 0 Å². The summed E-state index contributed by atoms with van der Waals surface area (Å²) in [5.41, 5.74) is 1.21. The number of esters is 1. The Morgan fingerprint density at radius 3 is 2.86 bits per heavy atom. The number of nitrogens with zero attached hydrogens (tertiary/aromatic N) is 1. The van der Waals surface area contributed by atoms with Gasteiger partial charge >= 0.3 is 12.0 Å². The highest BCUT2D eigenvalue weighted by Gasteiger charge is 2.35. The van der Waals surface area contributed by atoms with E-state index in [-0.39, 0.29) is 18.1 Å². The van der Waals surface area contributed by atoms with Crippen LogP contribution in [0.4, 0.5) is 9.18 Å². The van der Waals surface area contributed by atoms with Gasteiger partial charge in [-0.15, -0.1) is 6.58 Å². The van der Waals surface area contributed by atoms with E-state index in [1.807, 2.05) is 0 Å². The van der Waals surface area contributed by atoms with E-state index in [2.05, 4.69) is 11.9 Å². The molecular weight excluding hydrogens is 287 g/mol. The first-order valence-electron chi connectivity index (χ1n) is 6.73. The fourth-order valence-corrected chi connectivity index (χ4v) is 2.44. The van der Waals surface area contributed by atoms with Crippen LogP contribution in [0, 0.1) is 5.82 Å². The summed E-state index contributed by atoms with van der Waals surface area (Å²) < 4.78 is 18.3. The maximum Gasteiger partial charge on any atom is 0.337 e. The highest BCUT2D eigenvalue weighted by molar-refractivity contribution is 5.95. The van der Waals surface area contributed by atoms with Crippen molar-refractivity contribution in [3.8, 4) is 0 Å². The zero-order valence-electron chi connectivity index (χ0n) is 12.4. The molecule has 6 heteroatoms. The minimum Gasteiger partial charge on any atom is -0.466 e. The molecule has 0 unspecified atom stereocenters. The molecule has 0 aliphatic carbocycles. The summed E-state index contributed by atoms with van der Waals surface area (Å²) >= 11 is 0. The zero-order chi connectivity index (χ0) is 16.3. The second-order valence-electron chi connectivity index (χ2n) is 4.83. The highest BCUT2D eigenvalue weighted by atomic mass is 19.1. The fraction of sp³-hybridized carbons (Fsp3) is 0.250. The van der Waals surface area contributed by atoms with E-state index in [0.717, 1.165) is 0 Å². The first-order valence-corrected chi connectivity index (χ1v) is 6.73. The van der Waals surface area contributed by atoms with Crippen molar-refractivity contribution in [1.29, 1.82) is 0 Å². The number of hydrogen-bond acceptors (Lipinski definition) is 3. The van der Waals surface area contributed by atoms with Crippen LogP contribution in [0.2, 0.25) is 0 Å². The smallest absolute Gasteiger partial charge is 0.337 e. The lowest BCUT2D eigenvalue weighted by Gasteiger charge is -2.34. The van der Waals surface area contributed by atoms with Gasteiger partial charge in [-0.1, -0.05) is 18.2 Å². The number of rotatable bonds is 4. The number of hydrogen-bond donors (Lipinski definition) is 1. The second kappa shape index (κ2) is 6.43. The molecule has 22 heavy (non-hydrogen) atoms. The van der Waals surface area contributed by atoms with Crippen molar-refractivity contribution in [2.45, 2.75) is 13.0 Å². The van der Waals surface area contributed by atoms with Gasteiger partial charge < -0.3 is 10.1 Å². The van der Waals surface area contributed by atoms with Gasteiger partial charge in [0.25, 0.3) is 0 Å². The molecule has 1 aliphatic rings. The largest absolute Gasteiger partial charge is 0.466 e. The van der Waals surface area contributed by atoms with E-state index in [1.54, 1.807) is 19.1 Å². The van der Waals surface area contributed by atoms with Gasteiger partial charge in [0.15, 0.2) is 0 Å². The number of halogens is 1. The molecular formula is C16H17FN2O3. The Balaban J connectivity index is 2.55. The quantitative estimate of drug-likeness (QED) is 0.687. The molecule has 2 amide bonds. The number of urea groups is 1. The first kappa shape index (κ1) is 15.8. The van der Waals surface area contributed by atoms with Gasteiger partial charge in [-0.3, -0.25) is 4.90 Å². The Kier molecular flexibility index (Phi) is 4.60. The predicted molar refractivity (Wildman–Crippen MR) is 79.3 cm³/mol. The van der Waals surface area contributed by atoms with E-state index in [9.17, 15) is 14.0 Å². The molecule has 116 valence electrons. The van der Waals surface area contributed by atoms with Crippen LogP contribution in [-0.2, 0) is 9.53 Å². The number of ether oxygens (including phenoxy) is 1. The van der Waals surface area contributed by atoms with Crippen molar-refractivity contribution in [2.75, 3.05) is 13.7 Å². The third-order valence-electron chi connectivity index (χ3n) is 3.50. The number of carbonyl (C=O) groups is 2. The van der Waals surface area contributed by atoms with Crippen LogP contribution in [0.25, 0.3) is 0 Å². The van der Waals surface area contributed by atoms with Gasteiger partial charge in [0, 0.05) is 12.2 Å². The van der Waals surface area contributed by atoms with Crippen molar-refractivity contribution in [3.05, 3.63) is 59.6 Å². The zero-order valence-corrected chi connectivity index (χ0v) is 12.4. The van der Waals surface area contributed by atoms with Gasteiger partial charge in [-0.25, -0.2) is 14.0 Å². The van der Waals surface area contributed by atoms with Crippen LogP contribution >= 0.6 is 0 Å². The Bertz CT molecular complexity index is 655. The molecule has 1 aromatic carbocycles. The van der Waals surface area contributed by atoms with Gasteiger partial charge in [0.1, 0.15) is 5.82 Å². The van der Waals surface area contributed by atoms with E-state index < -0.39 is 17.8 Å². The molecule has 0 radical (unpaired) electrons. The Hall–Kier alpha value is -2.63. The van der Waals surface area contributed by atoms with Crippen LogP contribution in [-0.4, -0.2) is 30.6 Å². The average Bonchev–Trinajstić information content (AvgIpc) is 2.50. The van der Waals surface area contributed by atoms with Crippen molar-refractivity contribution >= 4 is 12.0 Å². The number of nitrogens with one attached hydrogen (secondary N) is 1. The molecule has 1 N–H and O–H groups in total. The van der Waals surface area contributed by atoms with E-state index in [1.165, 1.54) is 30.2 Å². The van der Waals surface area contributed by atoms with Crippen LogP contribution in [0.1, 0.15) is 18.5 Å².